The molecule has 0 bridgehead atoms. The van der Waals surface area contributed by atoms with Gasteiger partial charge in [-0.2, -0.15) is 0 Å². The van der Waals surface area contributed by atoms with E-state index in [-0.39, 0.29) is 17.8 Å². The highest BCUT2D eigenvalue weighted by molar-refractivity contribution is 7.99. The summed E-state index contributed by atoms with van der Waals surface area (Å²) in [6.45, 7) is 9.06. The number of hydrogen-bond acceptors (Lipinski definition) is 6. The third-order valence-electron chi connectivity index (χ3n) is 4.99. The number of anilines is 1. The van der Waals surface area contributed by atoms with Gasteiger partial charge in [0.15, 0.2) is 17.1 Å². The first-order valence-corrected chi connectivity index (χ1v) is 12.1. The summed E-state index contributed by atoms with van der Waals surface area (Å²) in [5, 5.41) is 12.4. The van der Waals surface area contributed by atoms with E-state index in [0.29, 0.717) is 16.8 Å². The van der Waals surface area contributed by atoms with E-state index in [9.17, 15) is 4.79 Å². The van der Waals surface area contributed by atoms with Gasteiger partial charge in [-0.3, -0.25) is 4.79 Å². The van der Waals surface area contributed by atoms with Crippen molar-refractivity contribution in [3.05, 3.63) is 59.9 Å². The Bertz CT molecular complexity index is 1050. The van der Waals surface area contributed by atoms with Crippen molar-refractivity contribution in [2.75, 3.05) is 18.2 Å². The van der Waals surface area contributed by atoms with Crippen LogP contribution in [0.4, 0.5) is 5.69 Å². The van der Waals surface area contributed by atoms with Gasteiger partial charge in [0.2, 0.25) is 5.91 Å². The molecular formula is C25H32N4O3S. The molecule has 1 atom stereocenters. The molecule has 176 valence electrons. The number of ether oxygens (including phenoxy) is 2. The van der Waals surface area contributed by atoms with Crippen LogP contribution in [0.2, 0.25) is 0 Å². The highest BCUT2D eigenvalue weighted by Crippen LogP contribution is 2.27. The number of aromatic nitrogens is 3. The molecule has 0 aliphatic carbocycles. The average molecular weight is 469 g/mol. The van der Waals surface area contributed by atoms with Crippen molar-refractivity contribution in [1.82, 2.24) is 14.8 Å². The van der Waals surface area contributed by atoms with E-state index in [1.807, 2.05) is 60.0 Å². The quantitative estimate of drug-likeness (QED) is 0.381. The third-order valence-corrected chi connectivity index (χ3v) is 5.96. The van der Waals surface area contributed by atoms with Gasteiger partial charge in [-0.1, -0.05) is 50.7 Å². The molecule has 1 N–H and O–H groups in total. The summed E-state index contributed by atoms with van der Waals surface area (Å²) in [4.78, 5) is 12.5. The van der Waals surface area contributed by atoms with Crippen LogP contribution in [0.1, 0.15) is 45.2 Å². The molecule has 1 unspecified atom stereocenters. The van der Waals surface area contributed by atoms with Crippen molar-refractivity contribution in [3.8, 4) is 11.5 Å². The van der Waals surface area contributed by atoms with Crippen LogP contribution in [0.25, 0.3) is 0 Å². The van der Waals surface area contributed by atoms with Crippen LogP contribution in [0.5, 0.6) is 11.5 Å². The van der Waals surface area contributed by atoms with Gasteiger partial charge in [0, 0.05) is 18.3 Å². The first-order valence-electron chi connectivity index (χ1n) is 11.1. The van der Waals surface area contributed by atoms with Crippen molar-refractivity contribution in [2.24, 2.45) is 5.92 Å². The van der Waals surface area contributed by atoms with Gasteiger partial charge in [0.1, 0.15) is 11.5 Å². The van der Waals surface area contributed by atoms with Crippen molar-refractivity contribution in [3.63, 3.8) is 0 Å². The zero-order valence-corrected chi connectivity index (χ0v) is 20.7. The first kappa shape index (κ1) is 24.6. The van der Waals surface area contributed by atoms with E-state index < -0.39 is 0 Å². The zero-order valence-electron chi connectivity index (χ0n) is 19.9. The Balaban J connectivity index is 1.68. The van der Waals surface area contributed by atoms with Crippen LogP contribution in [0, 0.1) is 5.92 Å². The fourth-order valence-corrected chi connectivity index (χ4v) is 4.08. The maximum absolute atomic E-state index is 12.5. The van der Waals surface area contributed by atoms with E-state index in [1.54, 1.807) is 7.11 Å². The largest absolute Gasteiger partial charge is 0.497 e. The van der Waals surface area contributed by atoms with E-state index >= 15 is 0 Å². The summed E-state index contributed by atoms with van der Waals surface area (Å²) < 4.78 is 13.4. The molecule has 0 aliphatic rings. The topological polar surface area (TPSA) is 78.3 Å². The highest BCUT2D eigenvalue weighted by atomic mass is 32.2. The molecule has 1 heterocycles. The second-order valence-electron chi connectivity index (χ2n) is 8.17. The Morgan fingerprint density at radius 3 is 2.48 bits per heavy atom. The lowest BCUT2D eigenvalue weighted by Gasteiger charge is -2.18. The van der Waals surface area contributed by atoms with Crippen LogP contribution < -0.4 is 14.8 Å². The van der Waals surface area contributed by atoms with Gasteiger partial charge in [0.25, 0.3) is 0 Å². The molecule has 0 aliphatic heterocycles. The van der Waals surface area contributed by atoms with Crippen LogP contribution in [0.15, 0.2) is 53.7 Å². The highest BCUT2D eigenvalue weighted by Gasteiger charge is 2.21. The van der Waals surface area contributed by atoms with E-state index in [0.717, 1.165) is 30.2 Å². The number of rotatable bonds is 11. The summed E-state index contributed by atoms with van der Waals surface area (Å²) in [5.41, 5.74) is 2.03. The molecule has 2 aromatic carbocycles. The van der Waals surface area contributed by atoms with Crippen molar-refractivity contribution in [2.45, 2.75) is 51.9 Å². The second kappa shape index (κ2) is 11.7. The number of thioether (sulfide) groups is 1. The normalized spacial score (nSPS) is 11.9. The minimum absolute atomic E-state index is 0.0782. The lowest BCUT2D eigenvalue weighted by molar-refractivity contribution is -0.113. The third kappa shape index (κ3) is 6.99. The SMILES string of the molecule is CCc1ccc(NC(=O)CSc2nnc(C(C)Oc3cccc(OC)c3)n2CC(C)C)cc1. The molecule has 7 nitrogen and oxygen atoms in total. The van der Waals surface area contributed by atoms with Gasteiger partial charge in [-0.15, -0.1) is 10.2 Å². The molecule has 0 fully saturated rings. The Labute approximate surface area is 199 Å². The lowest BCUT2D eigenvalue weighted by Crippen LogP contribution is -2.17. The molecule has 0 spiro atoms. The molecule has 1 aromatic heterocycles. The summed E-state index contributed by atoms with van der Waals surface area (Å²) in [5.74, 6) is 2.71. The molecule has 3 rings (SSSR count). The zero-order chi connectivity index (χ0) is 23.8. The molecular weight excluding hydrogens is 436 g/mol. The average Bonchev–Trinajstić information content (AvgIpc) is 3.20. The summed E-state index contributed by atoms with van der Waals surface area (Å²) >= 11 is 1.38. The number of methoxy groups -OCH3 is 1. The number of benzene rings is 2. The van der Waals surface area contributed by atoms with Crippen molar-refractivity contribution < 1.29 is 14.3 Å². The van der Waals surface area contributed by atoms with E-state index in [2.05, 4.69) is 36.3 Å². The van der Waals surface area contributed by atoms with Crippen LogP contribution in [-0.4, -0.2) is 33.5 Å². The summed E-state index contributed by atoms with van der Waals surface area (Å²) in [6.07, 6.45) is 0.654. The molecule has 8 heteroatoms. The minimum atomic E-state index is -0.316. The van der Waals surface area contributed by atoms with Gasteiger partial charge in [-0.05, 0) is 49.1 Å². The predicted molar refractivity (Wildman–Crippen MR) is 132 cm³/mol. The van der Waals surface area contributed by atoms with Gasteiger partial charge >= 0.3 is 0 Å². The number of nitrogens with one attached hydrogen (secondary N) is 1. The standard InChI is InChI=1S/C25H32N4O3S/c1-6-19-10-12-20(13-11-19)26-23(30)16-33-25-28-27-24(29(25)15-17(2)3)18(4)32-22-9-7-8-21(14-22)31-5/h7-14,17-18H,6,15-16H2,1-5H3,(H,26,30). The van der Waals surface area contributed by atoms with E-state index in [1.165, 1.54) is 17.3 Å². The Kier molecular flexibility index (Phi) is 8.77. The molecule has 33 heavy (non-hydrogen) atoms. The number of hydrogen-bond donors (Lipinski definition) is 1. The van der Waals surface area contributed by atoms with Crippen LogP contribution in [-0.2, 0) is 17.8 Å². The molecule has 1 amide bonds. The number of aryl methyl sites for hydroxylation is 1. The summed E-state index contributed by atoms with van der Waals surface area (Å²) in [6, 6.07) is 15.4. The van der Waals surface area contributed by atoms with E-state index in [4.69, 9.17) is 9.47 Å². The molecule has 0 saturated carbocycles. The fraction of sp³-hybridized carbons (Fsp3) is 0.400. The van der Waals surface area contributed by atoms with Crippen LogP contribution >= 0.6 is 11.8 Å². The Morgan fingerprint density at radius 2 is 1.82 bits per heavy atom. The number of nitrogens with zero attached hydrogens (tertiary/aromatic N) is 3. The number of carbonyl (C=O) groups is 1. The predicted octanol–water partition coefficient (Wildman–Crippen LogP) is 5.38. The first-order chi connectivity index (χ1) is 15.9. The maximum atomic E-state index is 12.5. The number of carbonyl (C=O) groups excluding carboxylic acids is 1. The van der Waals surface area contributed by atoms with Gasteiger partial charge in [0.05, 0.1) is 12.9 Å². The molecule has 0 radical (unpaired) electrons. The monoisotopic (exact) mass is 468 g/mol. The van der Waals surface area contributed by atoms with Crippen molar-refractivity contribution in [1.29, 1.82) is 0 Å². The Morgan fingerprint density at radius 1 is 1.09 bits per heavy atom. The van der Waals surface area contributed by atoms with Crippen LogP contribution in [0.3, 0.4) is 0 Å². The molecule has 0 saturated heterocycles. The second-order valence-corrected chi connectivity index (χ2v) is 9.11. The smallest absolute Gasteiger partial charge is 0.234 e. The number of amides is 1. The van der Waals surface area contributed by atoms with Crippen molar-refractivity contribution >= 4 is 23.4 Å². The fourth-order valence-electron chi connectivity index (χ4n) is 3.33. The van der Waals surface area contributed by atoms with Gasteiger partial charge < -0.3 is 19.4 Å². The Hall–Kier alpha value is -3.00. The summed E-state index contributed by atoms with van der Waals surface area (Å²) in [7, 11) is 1.63. The lowest BCUT2D eigenvalue weighted by atomic mass is 10.1. The molecule has 3 aromatic rings. The minimum Gasteiger partial charge on any atom is -0.497 e. The maximum Gasteiger partial charge on any atom is 0.234 e. The van der Waals surface area contributed by atoms with Gasteiger partial charge in [-0.25, -0.2) is 0 Å².